The van der Waals surface area contributed by atoms with Gasteiger partial charge in [0.1, 0.15) is 0 Å². The van der Waals surface area contributed by atoms with Crippen LogP contribution in [-0.4, -0.2) is 11.9 Å². The minimum Gasteiger partial charge on any atom is -0.549 e. The van der Waals surface area contributed by atoms with Gasteiger partial charge in [-0.15, -0.1) is 0 Å². The molecule has 25 heavy (non-hydrogen) atoms. The molecule has 0 N–H and O–H groups in total. The van der Waals surface area contributed by atoms with E-state index in [1.807, 2.05) is 0 Å². The third kappa shape index (κ3) is 16.2. The highest BCUT2D eigenvalue weighted by atomic mass is 16.4. The first-order valence-corrected chi connectivity index (χ1v) is 10.5. The molecule has 0 aliphatic carbocycles. The molecule has 4 heteroatoms. The van der Waals surface area contributed by atoms with E-state index in [1.54, 1.807) is 0 Å². The number of hydrogen-bond acceptors (Lipinski definition) is 4. The number of hydrogen-bond donors (Lipinski definition) is 0. The van der Waals surface area contributed by atoms with E-state index in [2.05, 4.69) is 6.92 Å². The summed E-state index contributed by atoms with van der Waals surface area (Å²) < 4.78 is 0. The van der Waals surface area contributed by atoms with Crippen LogP contribution >= 0.6 is 0 Å². The van der Waals surface area contributed by atoms with Crippen molar-refractivity contribution in [3.63, 3.8) is 0 Å². The highest BCUT2D eigenvalue weighted by Crippen LogP contribution is 2.15. The summed E-state index contributed by atoms with van der Waals surface area (Å²) in [6, 6.07) is 0. The Morgan fingerprint density at radius 1 is 0.600 bits per heavy atom. The fourth-order valence-corrected chi connectivity index (χ4v) is 3.23. The van der Waals surface area contributed by atoms with E-state index in [9.17, 15) is 19.8 Å². The van der Waals surface area contributed by atoms with Gasteiger partial charge in [-0.1, -0.05) is 110 Å². The van der Waals surface area contributed by atoms with Crippen LogP contribution in [0.4, 0.5) is 0 Å². The Labute approximate surface area is 157 Å². The number of carbonyl (C=O) groups excluding carboxylic acids is 2. The van der Waals surface area contributed by atoms with Crippen molar-refractivity contribution in [2.75, 3.05) is 0 Å². The van der Waals surface area contributed by atoms with Gasteiger partial charge in [-0.3, -0.25) is 0 Å². The summed E-state index contributed by atoms with van der Waals surface area (Å²) in [6.45, 7) is 2.25. The highest BCUT2D eigenvalue weighted by molar-refractivity contribution is 5.90. The minimum absolute atomic E-state index is 0. The zero-order chi connectivity index (χ0) is 18.8. The monoisotopic (exact) mass is 356 g/mol. The molecule has 0 aliphatic rings. The van der Waals surface area contributed by atoms with Crippen LogP contribution in [0.5, 0.6) is 0 Å². The molecule has 148 valence electrons. The van der Waals surface area contributed by atoms with E-state index in [0.717, 1.165) is 19.3 Å². The average molecular weight is 357 g/mol. The molecule has 0 bridgehead atoms. The molecule has 0 aromatic carbocycles. The quantitative estimate of drug-likeness (QED) is 0.259. The molecular formula is C21H40O4. The lowest BCUT2D eigenvalue weighted by Crippen LogP contribution is -2.43. The number of carboxylic acid groups (broad SMARTS) is 2. The highest BCUT2D eigenvalue weighted by Gasteiger charge is 2.10. The summed E-state index contributed by atoms with van der Waals surface area (Å²) >= 11 is 0. The van der Waals surface area contributed by atoms with Gasteiger partial charge in [-0.2, -0.15) is 0 Å². The molecule has 0 rings (SSSR count). The summed E-state index contributed by atoms with van der Waals surface area (Å²) in [5.41, 5.74) is 0. The Morgan fingerprint density at radius 3 is 1.16 bits per heavy atom. The molecule has 0 saturated heterocycles. The Hall–Kier alpha value is -1.06. The molecule has 0 aromatic rings. The number of unbranched alkanes of at least 4 members (excludes halogenated alkanes) is 15. The van der Waals surface area contributed by atoms with Crippen molar-refractivity contribution in [3.05, 3.63) is 0 Å². The molecule has 0 heterocycles. The summed E-state index contributed by atoms with van der Waals surface area (Å²) in [5.74, 6) is -4.51. The fourth-order valence-electron chi connectivity index (χ4n) is 3.23. The Kier molecular flexibility index (Phi) is 17.0. The first-order chi connectivity index (χ1) is 12.1. The molecule has 0 radical (unpaired) electrons. The molecule has 4 nitrogen and oxygen atoms in total. The predicted octanol–water partition coefficient (Wildman–Crippen LogP) is 3.98. The molecule has 0 aromatic heterocycles. The second-order valence-corrected chi connectivity index (χ2v) is 7.28. The van der Waals surface area contributed by atoms with Gasteiger partial charge < -0.3 is 19.8 Å². The van der Waals surface area contributed by atoms with Crippen LogP contribution < -0.4 is 10.2 Å². The third-order valence-electron chi connectivity index (χ3n) is 4.92. The van der Waals surface area contributed by atoms with Crippen molar-refractivity contribution in [3.8, 4) is 0 Å². The van der Waals surface area contributed by atoms with Crippen LogP contribution in [0.15, 0.2) is 0 Å². The normalized spacial score (nSPS) is 11.1. The lowest BCUT2D eigenvalue weighted by Gasteiger charge is -2.18. The van der Waals surface area contributed by atoms with Crippen molar-refractivity contribution >= 4 is 11.9 Å². The zero-order valence-electron chi connectivity index (χ0n) is 18.2. The number of rotatable bonds is 19. The maximum absolute atomic E-state index is 10.6. The van der Waals surface area contributed by atoms with E-state index in [-0.39, 0.29) is 9.27 Å². The molecule has 0 saturated carbocycles. The molecule has 0 aliphatic heterocycles. The van der Waals surface area contributed by atoms with Gasteiger partial charge in [0.25, 0.3) is 0 Å². The molecule has 0 amide bonds. The topological polar surface area (TPSA) is 80.3 Å². The molecule has 0 spiro atoms. The summed E-state index contributed by atoms with van der Waals surface area (Å²) in [5, 5.41) is 21.2. The minimum atomic E-state index is -1.53. The molecular weight excluding hydrogens is 316 g/mol. The Balaban J connectivity index is -0.00000288. The van der Waals surface area contributed by atoms with Gasteiger partial charge in [0.15, 0.2) is 0 Å². The van der Waals surface area contributed by atoms with Crippen LogP contribution in [-0.2, 0) is 9.59 Å². The van der Waals surface area contributed by atoms with Crippen LogP contribution in [0.3, 0.4) is 0 Å². The van der Waals surface area contributed by atoms with Gasteiger partial charge in [0.2, 0.25) is 0 Å². The van der Waals surface area contributed by atoms with E-state index < -0.39 is 17.9 Å². The van der Waals surface area contributed by atoms with E-state index >= 15 is 0 Å². The number of aliphatic carboxylic acids is 2. The largest absolute Gasteiger partial charge is 1.00 e. The third-order valence-corrected chi connectivity index (χ3v) is 4.92. The van der Waals surface area contributed by atoms with Crippen molar-refractivity contribution in [2.45, 2.75) is 116 Å². The van der Waals surface area contributed by atoms with Crippen molar-refractivity contribution in [1.29, 1.82) is 0 Å². The van der Waals surface area contributed by atoms with E-state index in [0.29, 0.717) is 6.42 Å². The van der Waals surface area contributed by atoms with Crippen molar-refractivity contribution in [2.24, 2.45) is 5.92 Å². The SMILES string of the molecule is CCCCCCCCCCCCCCCCCCC(C(=O)[O-])C(=O)[O-].[H+].[H+]. The maximum atomic E-state index is 10.6. The van der Waals surface area contributed by atoms with Crippen LogP contribution in [0.1, 0.15) is 119 Å². The first-order valence-electron chi connectivity index (χ1n) is 10.5. The second kappa shape index (κ2) is 17.8. The molecule has 0 unspecified atom stereocenters. The van der Waals surface area contributed by atoms with Gasteiger partial charge in [0, 0.05) is 5.92 Å². The van der Waals surface area contributed by atoms with Gasteiger partial charge >= 0.3 is 2.85 Å². The lowest BCUT2D eigenvalue weighted by molar-refractivity contribution is -0.332. The van der Waals surface area contributed by atoms with Gasteiger partial charge in [0.05, 0.1) is 11.9 Å². The van der Waals surface area contributed by atoms with Crippen LogP contribution in [0, 0.1) is 5.92 Å². The van der Waals surface area contributed by atoms with Crippen LogP contribution in [0.25, 0.3) is 0 Å². The predicted molar refractivity (Wildman–Crippen MR) is 99.9 cm³/mol. The number of carboxylic acids is 2. The van der Waals surface area contributed by atoms with Crippen LogP contribution in [0.2, 0.25) is 0 Å². The molecule has 0 atom stereocenters. The van der Waals surface area contributed by atoms with Crippen molar-refractivity contribution in [1.82, 2.24) is 0 Å². The van der Waals surface area contributed by atoms with Gasteiger partial charge in [-0.05, 0) is 6.42 Å². The first kappa shape index (κ1) is 23.9. The van der Waals surface area contributed by atoms with Gasteiger partial charge in [-0.25, -0.2) is 0 Å². The van der Waals surface area contributed by atoms with Crippen molar-refractivity contribution < 1.29 is 22.7 Å². The van der Waals surface area contributed by atoms with E-state index in [1.165, 1.54) is 77.0 Å². The summed E-state index contributed by atoms with van der Waals surface area (Å²) in [7, 11) is 0. The maximum Gasteiger partial charge on any atom is 1.00 e. The zero-order valence-corrected chi connectivity index (χ0v) is 16.2. The lowest BCUT2D eigenvalue weighted by atomic mass is 10.00. The summed E-state index contributed by atoms with van der Waals surface area (Å²) in [4.78, 5) is 21.2. The Morgan fingerprint density at radius 2 is 0.880 bits per heavy atom. The van der Waals surface area contributed by atoms with E-state index in [4.69, 9.17) is 0 Å². The second-order valence-electron chi connectivity index (χ2n) is 7.28. The average Bonchev–Trinajstić information content (AvgIpc) is 2.57. The summed E-state index contributed by atoms with van der Waals surface area (Å²) in [6.07, 6.45) is 20.0. The number of carbonyl (C=O) groups is 2. The fraction of sp³-hybridized carbons (Fsp3) is 0.905. The Bertz CT molecular complexity index is 324. The molecule has 0 fully saturated rings. The smallest absolute Gasteiger partial charge is 0.549 e. The standard InChI is InChI=1S/C21H40O4/c1-2-3-4-5-6-7-8-9-10-11-12-13-14-15-16-17-18-19(20(22)23)21(24)25/h19H,2-18H2,1H3,(H,22,23)(H,24,25).